The fourth-order valence-corrected chi connectivity index (χ4v) is 3.30. The van der Waals surface area contributed by atoms with Crippen LogP contribution in [0.25, 0.3) is 22.8 Å². The third-order valence-electron chi connectivity index (χ3n) is 4.70. The Labute approximate surface area is 192 Å². The number of nitrogens with one attached hydrogen (secondary N) is 1. The number of nitrogens with zero attached hydrogens (tertiary/aromatic N) is 3. The third kappa shape index (κ3) is 5.12. The van der Waals surface area contributed by atoms with E-state index in [2.05, 4.69) is 31.4 Å². The van der Waals surface area contributed by atoms with Crippen molar-refractivity contribution in [3.05, 3.63) is 87.3 Å². The molecule has 0 unspecified atom stereocenters. The van der Waals surface area contributed by atoms with Crippen LogP contribution in [0.3, 0.4) is 0 Å². The molecule has 2 aromatic carbocycles. The smallest absolute Gasteiger partial charge is 0.259 e. The molecule has 2 heterocycles. The largest absolute Gasteiger partial charge is 0.497 e. The second kappa shape index (κ2) is 9.61. The van der Waals surface area contributed by atoms with Crippen LogP contribution in [0.4, 0.5) is 0 Å². The zero-order valence-corrected chi connectivity index (χ0v) is 18.7. The average molecular weight is 495 g/mol. The predicted molar refractivity (Wildman–Crippen MR) is 122 cm³/mol. The lowest BCUT2D eigenvalue weighted by molar-refractivity contribution is -0.121. The molecule has 0 bridgehead atoms. The van der Waals surface area contributed by atoms with Gasteiger partial charge in [-0.3, -0.25) is 9.59 Å². The van der Waals surface area contributed by atoms with Crippen molar-refractivity contribution in [1.82, 2.24) is 20.0 Å². The Morgan fingerprint density at radius 3 is 2.69 bits per heavy atom. The van der Waals surface area contributed by atoms with E-state index in [0.717, 1.165) is 15.6 Å². The van der Waals surface area contributed by atoms with Gasteiger partial charge in [0.1, 0.15) is 12.3 Å². The normalized spacial score (nSPS) is 10.7. The molecule has 1 N–H and O–H groups in total. The van der Waals surface area contributed by atoms with E-state index in [9.17, 15) is 9.59 Å². The molecular weight excluding hydrogens is 476 g/mol. The summed E-state index contributed by atoms with van der Waals surface area (Å²) >= 11 is 3.39. The second-order valence-electron chi connectivity index (χ2n) is 6.94. The first-order valence-electron chi connectivity index (χ1n) is 9.72. The summed E-state index contributed by atoms with van der Waals surface area (Å²) in [6, 6.07) is 17.9. The van der Waals surface area contributed by atoms with E-state index >= 15 is 0 Å². The van der Waals surface area contributed by atoms with Gasteiger partial charge in [-0.1, -0.05) is 33.2 Å². The summed E-state index contributed by atoms with van der Waals surface area (Å²) in [5, 5.41) is 6.81. The number of carbonyl (C=O) groups is 1. The minimum Gasteiger partial charge on any atom is -0.497 e. The molecule has 32 heavy (non-hydrogen) atoms. The maximum absolute atomic E-state index is 12.4. The molecule has 0 aliphatic heterocycles. The van der Waals surface area contributed by atoms with Crippen LogP contribution in [0, 0.1) is 0 Å². The Kier molecular flexibility index (Phi) is 6.46. The predicted octanol–water partition coefficient (Wildman–Crippen LogP) is 3.65. The molecule has 0 radical (unpaired) electrons. The average Bonchev–Trinajstić information content (AvgIpc) is 3.30. The molecule has 0 aliphatic carbocycles. The molecule has 0 saturated heterocycles. The van der Waals surface area contributed by atoms with Gasteiger partial charge in [0.25, 0.3) is 11.4 Å². The summed E-state index contributed by atoms with van der Waals surface area (Å²) < 4.78 is 12.8. The molecular formula is C23H19BrN4O4. The summed E-state index contributed by atoms with van der Waals surface area (Å²) in [4.78, 5) is 29.1. The van der Waals surface area contributed by atoms with Crippen molar-refractivity contribution in [3.8, 4) is 28.6 Å². The van der Waals surface area contributed by atoms with E-state index in [1.165, 1.54) is 16.8 Å². The number of methoxy groups -OCH3 is 1. The van der Waals surface area contributed by atoms with Crippen LogP contribution >= 0.6 is 15.9 Å². The van der Waals surface area contributed by atoms with Crippen molar-refractivity contribution in [2.24, 2.45) is 0 Å². The Hall–Kier alpha value is -3.72. The topological polar surface area (TPSA) is 99.2 Å². The van der Waals surface area contributed by atoms with Gasteiger partial charge in [-0.2, -0.15) is 4.98 Å². The summed E-state index contributed by atoms with van der Waals surface area (Å²) in [7, 11) is 1.59. The van der Waals surface area contributed by atoms with Gasteiger partial charge in [-0.15, -0.1) is 0 Å². The number of pyridine rings is 1. The van der Waals surface area contributed by atoms with Crippen molar-refractivity contribution in [2.75, 3.05) is 7.11 Å². The zero-order chi connectivity index (χ0) is 22.5. The molecule has 1 amide bonds. The molecule has 9 heteroatoms. The Bertz CT molecular complexity index is 1300. The fraction of sp³-hybridized carbons (Fsp3) is 0.130. The van der Waals surface area contributed by atoms with Crippen molar-refractivity contribution < 1.29 is 14.1 Å². The van der Waals surface area contributed by atoms with Crippen LogP contribution in [-0.4, -0.2) is 27.7 Å². The quantitative estimate of drug-likeness (QED) is 0.420. The third-order valence-corrected chi connectivity index (χ3v) is 5.23. The molecule has 0 atom stereocenters. The van der Waals surface area contributed by atoms with E-state index in [1.807, 2.05) is 48.5 Å². The van der Waals surface area contributed by atoms with Gasteiger partial charge in [0, 0.05) is 28.8 Å². The maximum Gasteiger partial charge on any atom is 0.259 e. The molecule has 0 saturated carbocycles. The Balaban J connectivity index is 1.46. The summed E-state index contributed by atoms with van der Waals surface area (Å²) in [5.41, 5.74) is 1.93. The van der Waals surface area contributed by atoms with Gasteiger partial charge < -0.3 is 19.1 Å². The first kappa shape index (κ1) is 21.5. The van der Waals surface area contributed by atoms with Gasteiger partial charge in [-0.05, 0) is 48.0 Å². The number of amides is 1. The van der Waals surface area contributed by atoms with E-state index in [4.69, 9.17) is 9.26 Å². The SMILES string of the molecule is COc1cccc(CNC(=O)Cn2cc(-c3nc(-c4ccc(Br)cc4)no3)ccc2=O)c1. The van der Waals surface area contributed by atoms with E-state index in [1.54, 1.807) is 13.2 Å². The molecule has 2 aromatic heterocycles. The number of ether oxygens (including phenoxy) is 1. The van der Waals surface area contributed by atoms with Crippen LogP contribution in [0.15, 0.2) is 80.7 Å². The van der Waals surface area contributed by atoms with Gasteiger partial charge >= 0.3 is 0 Å². The van der Waals surface area contributed by atoms with E-state index in [-0.39, 0.29) is 23.9 Å². The number of hydrogen-bond acceptors (Lipinski definition) is 6. The lowest BCUT2D eigenvalue weighted by Gasteiger charge is -2.09. The van der Waals surface area contributed by atoms with E-state index < -0.39 is 0 Å². The fourth-order valence-electron chi connectivity index (χ4n) is 3.03. The maximum atomic E-state index is 12.4. The Morgan fingerprint density at radius 1 is 1.12 bits per heavy atom. The Morgan fingerprint density at radius 2 is 1.91 bits per heavy atom. The van der Waals surface area contributed by atoms with Gasteiger partial charge in [0.2, 0.25) is 11.7 Å². The highest BCUT2D eigenvalue weighted by molar-refractivity contribution is 9.10. The standard InChI is InChI=1S/C23H19BrN4O4/c1-31-19-4-2-3-15(11-19)12-25-20(29)14-28-13-17(7-10-21(28)30)23-26-22(27-32-23)16-5-8-18(24)9-6-16/h2-11,13H,12,14H2,1H3,(H,25,29). The van der Waals surface area contributed by atoms with Crippen LogP contribution in [-0.2, 0) is 17.9 Å². The highest BCUT2D eigenvalue weighted by Crippen LogP contribution is 2.23. The lowest BCUT2D eigenvalue weighted by atomic mass is 10.2. The van der Waals surface area contributed by atoms with Gasteiger partial charge in [-0.25, -0.2) is 0 Å². The van der Waals surface area contributed by atoms with Crippen molar-refractivity contribution in [3.63, 3.8) is 0 Å². The number of carbonyl (C=O) groups excluding carboxylic acids is 1. The van der Waals surface area contributed by atoms with Crippen LogP contribution in [0.5, 0.6) is 5.75 Å². The van der Waals surface area contributed by atoms with Crippen molar-refractivity contribution >= 4 is 21.8 Å². The number of halogens is 1. The van der Waals surface area contributed by atoms with Gasteiger partial charge in [0.05, 0.1) is 12.7 Å². The first-order valence-corrected chi connectivity index (χ1v) is 10.5. The zero-order valence-electron chi connectivity index (χ0n) is 17.1. The lowest BCUT2D eigenvalue weighted by Crippen LogP contribution is -2.31. The summed E-state index contributed by atoms with van der Waals surface area (Å²) in [6.07, 6.45) is 1.53. The molecule has 0 spiro atoms. The molecule has 0 aliphatic rings. The van der Waals surface area contributed by atoms with Crippen LogP contribution in [0.1, 0.15) is 5.56 Å². The molecule has 162 valence electrons. The number of rotatable bonds is 7. The number of hydrogen-bond donors (Lipinski definition) is 1. The highest BCUT2D eigenvalue weighted by Gasteiger charge is 2.13. The monoisotopic (exact) mass is 494 g/mol. The highest BCUT2D eigenvalue weighted by atomic mass is 79.9. The molecule has 4 rings (SSSR count). The summed E-state index contributed by atoms with van der Waals surface area (Å²) in [5.74, 6) is 1.10. The van der Waals surface area contributed by atoms with E-state index in [0.29, 0.717) is 23.7 Å². The molecule has 8 nitrogen and oxygen atoms in total. The minimum absolute atomic E-state index is 0.135. The van der Waals surface area contributed by atoms with Crippen LogP contribution in [0.2, 0.25) is 0 Å². The number of aromatic nitrogens is 3. The summed E-state index contributed by atoms with van der Waals surface area (Å²) in [6.45, 7) is 0.190. The minimum atomic E-state index is -0.307. The first-order chi connectivity index (χ1) is 15.5. The van der Waals surface area contributed by atoms with Crippen LogP contribution < -0.4 is 15.6 Å². The molecule has 4 aromatic rings. The van der Waals surface area contributed by atoms with Crippen molar-refractivity contribution in [1.29, 1.82) is 0 Å². The van der Waals surface area contributed by atoms with Gasteiger partial charge in [0.15, 0.2) is 0 Å². The number of benzene rings is 2. The van der Waals surface area contributed by atoms with Crippen molar-refractivity contribution in [2.45, 2.75) is 13.1 Å². The second-order valence-corrected chi connectivity index (χ2v) is 7.86. The molecule has 0 fully saturated rings.